The normalized spacial score (nSPS) is 32.1. The minimum Gasteiger partial charge on any atom is -0.341 e. The van der Waals surface area contributed by atoms with E-state index in [0.29, 0.717) is 13.1 Å². The molecule has 7 heteroatoms. The van der Waals surface area contributed by atoms with Gasteiger partial charge >= 0.3 is 0 Å². The molecule has 2 fully saturated rings. The van der Waals surface area contributed by atoms with Crippen LogP contribution >= 0.6 is 0 Å². The van der Waals surface area contributed by atoms with Gasteiger partial charge in [0.05, 0.1) is 11.7 Å². The van der Waals surface area contributed by atoms with E-state index in [9.17, 15) is 13.2 Å². The van der Waals surface area contributed by atoms with E-state index in [1.54, 1.807) is 0 Å². The zero-order chi connectivity index (χ0) is 14.8. The van der Waals surface area contributed by atoms with Crippen molar-refractivity contribution >= 4 is 15.9 Å². The van der Waals surface area contributed by atoms with Gasteiger partial charge in [0, 0.05) is 25.7 Å². The molecule has 0 aliphatic carbocycles. The summed E-state index contributed by atoms with van der Waals surface area (Å²) in [7, 11) is -3.21. The number of piperidine rings is 2. The van der Waals surface area contributed by atoms with Crippen LogP contribution in [0.4, 0.5) is 0 Å². The molecule has 2 atom stereocenters. The highest BCUT2D eigenvalue weighted by atomic mass is 32.2. The molecule has 0 aromatic heterocycles. The number of carbonyl (C=O) groups is 1. The predicted molar refractivity (Wildman–Crippen MR) is 77.8 cm³/mol. The van der Waals surface area contributed by atoms with Crippen molar-refractivity contribution < 1.29 is 13.2 Å². The topological polar surface area (TPSA) is 78.5 Å². The van der Waals surface area contributed by atoms with E-state index < -0.39 is 10.0 Å². The van der Waals surface area contributed by atoms with E-state index in [2.05, 4.69) is 10.0 Å². The van der Waals surface area contributed by atoms with Crippen LogP contribution in [0.2, 0.25) is 0 Å². The first-order chi connectivity index (χ1) is 9.30. The molecule has 0 radical (unpaired) electrons. The van der Waals surface area contributed by atoms with Gasteiger partial charge in [0.1, 0.15) is 0 Å². The van der Waals surface area contributed by atoms with E-state index in [1.165, 1.54) is 6.26 Å². The highest BCUT2D eigenvalue weighted by Crippen LogP contribution is 2.29. The van der Waals surface area contributed by atoms with Crippen molar-refractivity contribution in [1.29, 1.82) is 0 Å². The predicted octanol–water partition coefficient (Wildman–Crippen LogP) is -0.0837. The van der Waals surface area contributed by atoms with E-state index in [0.717, 1.165) is 38.8 Å². The van der Waals surface area contributed by atoms with Crippen LogP contribution in [0.1, 0.15) is 32.6 Å². The van der Waals surface area contributed by atoms with Crippen molar-refractivity contribution in [3.63, 3.8) is 0 Å². The smallest absolute Gasteiger partial charge is 0.229 e. The Morgan fingerprint density at radius 3 is 2.75 bits per heavy atom. The quantitative estimate of drug-likeness (QED) is 0.764. The summed E-state index contributed by atoms with van der Waals surface area (Å²) >= 11 is 0. The van der Waals surface area contributed by atoms with Crippen molar-refractivity contribution in [3.05, 3.63) is 0 Å². The number of sulfonamides is 1. The van der Waals surface area contributed by atoms with Crippen LogP contribution in [0.15, 0.2) is 0 Å². The van der Waals surface area contributed by atoms with Crippen LogP contribution in [0.5, 0.6) is 0 Å². The summed E-state index contributed by atoms with van der Waals surface area (Å²) in [5.41, 5.74) is -0.342. The average Bonchev–Trinajstić information content (AvgIpc) is 2.37. The molecule has 0 aromatic rings. The molecule has 1 amide bonds. The van der Waals surface area contributed by atoms with Gasteiger partial charge in [-0.3, -0.25) is 4.79 Å². The van der Waals surface area contributed by atoms with Gasteiger partial charge in [-0.2, -0.15) is 0 Å². The summed E-state index contributed by atoms with van der Waals surface area (Å²) in [6.07, 6.45) is 4.73. The zero-order valence-electron chi connectivity index (χ0n) is 12.3. The van der Waals surface area contributed by atoms with E-state index in [4.69, 9.17) is 0 Å². The van der Waals surface area contributed by atoms with Gasteiger partial charge in [-0.25, -0.2) is 13.1 Å². The van der Waals surface area contributed by atoms with Crippen LogP contribution in [-0.2, 0) is 14.8 Å². The van der Waals surface area contributed by atoms with E-state index in [1.807, 2.05) is 11.8 Å². The maximum atomic E-state index is 12.7. The van der Waals surface area contributed by atoms with Crippen LogP contribution < -0.4 is 10.0 Å². The largest absolute Gasteiger partial charge is 0.341 e. The monoisotopic (exact) mass is 303 g/mol. The van der Waals surface area contributed by atoms with Gasteiger partial charge < -0.3 is 10.2 Å². The molecule has 2 rings (SSSR count). The lowest BCUT2D eigenvalue weighted by Crippen LogP contribution is -2.55. The molecule has 0 saturated carbocycles. The third-order valence-electron chi connectivity index (χ3n) is 4.20. The van der Waals surface area contributed by atoms with Crippen molar-refractivity contribution in [2.45, 2.75) is 38.6 Å². The Morgan fingerprint density at radius 2 is 2.15 bits per heavy atom. The lowest BCUT2D eigenvalue weighted by atomic mass is 9.81. The molecule has 2 aliphatic heterocycles. The third kappa shape index (κ3) is 3.93. The Hall–Kier alpha value is -0.660. The highest BCUT2D eigenvalue weighted by Gasteiger charge is 2.39. The molecule has 0 spiro atoms. The molecule has 6 nitrogen and oxygen atoms in total. The molecule has 2 aliphatic rings. The second-order valence-electron chi connectivity index (χ2n) is 6.32. The number of likely N-dealkylation sites (tertiary alicyclic amines) is 1. The summed E-state index contributed by atoms with van der Waals surface area (Å²) in [5, 5.41) is 3.29. The molecule has 0 bridgehead atoms. The molecular formula is C13H25N3O3S. The zero-order valence-corrected chi connectivity index (χ0v) is 13.1. The van der Waals surface area contributed by atoms with Crippen molar-refractivity contribution in [1.82, 2.24) is 14.9 Å². The summed E-state index contributed by atoms with van der Waals surface area (Å²) in [4.78, 5) is 14.5. The standard InChI is InChI=1S/C13H25N3O3S/c1-13(6-4-7-14-10-13)12(17)16-8-3-5-11(9-16)15-20(2,18)19/h11,14-15H,3-10H2,1-2H3. The molecular weight excluding hydrogens is 278 g/mol. The second-order valence-corrected chi connectivity index (χ2v) is 8.10. The van der Waals surface area contributed by atoms with Crippen LogP contribution in [0.3, 0.4) is 0 Å². The number of nitrogens with one attached hydrogen (secondary N) is 2. The first-order valence-electron chi connectivity index (χ1n) is 7.28. The second kappa shape index (κ2) is 5.99. The van der Waals surface area contributed by atoms with Crippen LogP contribution in [0, 0.1) is 5.41 Å². The average molecular weight is 303 g/mol. The number of hydrogen-bond acceptors (Lipinski definition) is 4. The fraction of sp³-hybridized carbons (Fsp3) is 0.923. The van der Waals surface area contributed by atoms with E-state index >= 15 is 0 Å². The first-order valence-corrected chi connectivity index (χ1v) is 9.17. The fourth-order valence-electron chi connectivity index (χ4n) is 3.18. The Balaban J connectivity index is 1.99. The summed E-state index contributed by atoms with van der Waals surface area (Å²) < 4.78 is 25.3. The Labute approximate surface area is 121 Å². The minimum atomic E-state index is -3.21. The Bertz CT molecular complexity index is 457. The summed E-state index contributed by atoms with van der Waals surface area (Å²) in [5.74, 6) is 0.157. The van der Waals surface area contributed by atoms with Gasteiger partial charge in [0.15, 0.2) is 0 Å². The maximum Gasteiger partial charge on any atom is 0.229 e. The lowest BCUT2D eigenvalue weighted by molar-refractivity contribution is -0.143. The van der Waals surface area contributed by atoms with E-state index in [-0.39, 0.29) is 17.4 Å². The molecule has 2 saturated heterocycles. The third-order valence-corrected chi connectivity index (χ3v) is 4.96. The SMILES string of the molecule is CC1(C(=O)N2CCCC(NS(C)(=O)=O)C2)CCCNC1. The lowest BCUT2D eigenvalue weighted by Gasteiger charge is -2.40. The molecule has 20 heavy (non-hydrogen) atoms. The minimum absolute atomic E-state index is 0.150. The fourth-order valence-corrected chi connectivity index (χ4v) is 3.98. The molecule has 2 heterocycles. The van der Waals surface area contributed by atoms with Gasteiger partial charge in [-0.15, -0.1) is 0 Å². The summed E-state index contributed by atoms with van der Waals surface area (Å²) in [6, 6.07) is -0.150. The Kier molecular flexibility index (Phi) is 4.71. The van der Waals surface area contributed by atoms with Gasteiger partial charge in [-0.05, 0) is 39.2 Å². The molecule has 2 N–H and O–H groups in total. The molecule has 0 aromatic carbocycles. The van der Waals surface area contributed by atoms with Crippen molar-refractivity contribution in [2.75, 3.05) is 32.4 Å². The number of nitrogens with zero attached hydrogens (tertiary/aromatic N) is 1. The first kappa shape index (κ1) is 15.7. The molecule has 2 unspecified atom stereocenters. The maximum absolute atomic E-state index is 12.7. The number of amides is 1. The Morgan fingerprint density at radius 1 is 1.40 bits per heavy atom. The highest BCUT2D eigenvalue weighted by molar-refractivity contribution is 7.88. The van der Waals surface area contributed by atoms with Crippen LogP contribution in [0.25, 0.3) is 0 Å². The van der Waals surface area contributed by atoms with Crippen molar-refractivity contribution in [3.8, 4) is 0 Å². The number of carbonyl (C=O) groups excluding carboxylic acids is 1. The summed E-state index contributed by atoms with van der Waals surface area (Å²) in [6.45, 7) is 4.92. The van der Waals surface area contributed by atoms with Gasteiger partial charge in [-0.1, -0.05) is 0 Å². The number of hydrogen-bond donors (Lipinski definition) is 2. The van der Waals surface area contributed by atoms with Gasteiger partial charge in [0.2, 0.25) is 15.9 Å². The van der Waals surface area contributed by atoms with Gasteiger partial charge in [0.25, 0.3) is 0 Å². The van der Waals surface area contributed by atoms with Crippen LogP contribution in [-0.4, -0.2) is 57.7 Å². The molecule has 116 valence electrons. The number of rotatable bonds is 3. The van der Waals surface area contributed by atoms with Crippen molar-refractivity contribution in [2.24, 2.45) is 5.41 Å².